The third-order valence-electron chi connectivity index (χ3n) is 8.27. The maximum absolute atomic E-state index is 15.0. The highest BCUT2D eigenvalue weighted by Crippen LogP contribution is 2.33. The van der Waals surface area contributed by atoms with E-state index >= 15 is 4.39 Å². The van der Waals surface area contributed by atoms with Crippen LogP contribution in [0.15, 0.2) is 29.0 Å². The van der Waals surface area contributed by atoms with Crippen LogP contribution in [0, 0.1) is 18.6 Å². The van der Waals surface area contributed by atoms with E-state index in [1.54, 1.807) is 42.4 Å². The summed E-state index contributed by atoms with van der Waals surface area (Å²) in [4.78, 5) is 44.0. The van der Waals surface area contributed by atoms with Gasteiger partial charge in [-0.05, 0) is 64.7 Å². The van der Waals surface area contributed by atoms with Crippen molar-refractivity contribution in [2.45, 2.75) is 77.5 Å². The summed E-state index contributed by atoms with van der Waals surface area (Å²) < 4.78 is 65.2. The standard InChI is InChI=1S/C31H38F4N8O4/c1-6-43(19-7-9-41(10-8-19)29-39-26(25(34)35)40-47-29)27(44)18-13-36-28(37-14-18)42-15-21(20-11-17(2)22(32)12-23(20)33)24(16-42)38-30(45)46-31(3,4)5/h11-14,19,21,24-25H,6-10,15-16H2,1-5H3,(H,38,45). The van der Waals surface area contributed by atoms with Crippen LogP contribution >= 0.6 is 0 Å². The lowest BCUT2D eigenvalue weighted by molar-refractivity contribution is 0.0504. The van der Waals surface area contributed by atoms with Crippen LogP contribution in [0.2, 0.25) is 0 Å². The first-order valence-corrected chi connectivity index (χ1v) is 15.4. The number of alkyl halides is 2. The van der Waals surface area contributed by atoms with Crippen LogP contribution in [0.3, 0.4) is 0 Å². The number of aryl methyl sites for hydroxylation is 1. The normalized spacial score (nSPS) is 18.9. The quantitative estimate of drug-likeness (QED) is 0.329. The molecule has 4 heterocycles. The number of amides is 2. The molecule has 47 heavy (non-hydrogen) atoms. The molecule has 2 saturated heterocycles. The molecule has 2 aromatic heterocycles. The molecule has 16 heteroatoms. The molecule has 0 bridgehead atoms. The smallest absolute Gasteiger partial charge is 0.407 e. The Labute approximate surface area is 269 Å². The number of carbonyl (C=O) groups is 2. The molecule has 0 saturated carbocycles. The van der Waals surface area contributed by atoms with Gasteiger partial charge >= 0.3 is 18.5 Å². The van der Waals surface area contributed by atoms with Gasteiger partial charge < -0.3 is 29.3 Å². The van der Waals surface area contributed by atoms with Gasteiger partial charge in [0.2, 0.25) is 11.8 Å². The Kier molecular flexibility index (Phi) is 9.86. The summed E-state index contributed by atoms with van der Waals surface area (Å²) >= 11 is 0. The minimum absolute atomic E-state index is 0.0297. The van der Waals surface area contributed by atoms with E-state index in [2.05, 4.69) is 25.4 Å². The van der Waals surface area contributed by atoms with Crippen molar-refractivity contribution in [2.24, 2.45) is 0 Å². The summed E-state index contributed by atoms with van der Waals surface area (Å²) in [5.41, 5.74) is 0.0454. The largest absolute Gasteiger partial charge is 0.444 e. The molecule has 12 nitrogen and oxygen atoms in total. The fourth-order valence-corrected chi connectivity index (χ4v) is 5.99. The first kappa shape index (κ1) is 33.9. The van der Waals surface area contributed by atoms with Gasteiger partial charge in [0.25, 0.3) is 5.91 Å². The number of hydrogen-bond acceptors (Lipinski definition) is 10. The van der Waals surface area contributed by atoms with Gasteiger partial charge in [0.1, 0.15) is 17.2 Å². The highest BCUT2D eigenvalue weighted by molar-refractivity contribution is 5.94. The molecule has 1 aromatic carbocycles. The molecule has 254 valence electrons. The van der Waals surface area contributed by atoms with Crippen LogP contribution in [-0.4, -0.2) is 87.4 Å². The molecular formula is C31H38F4N8O4. The highest BCUT2D eigenvalue weighted by atomic mass is 19.3. The van der Waals surface area contributed by atoms with Crippen molar-refractivity contribution in [2.75, 3.05) is 42.5 Å². The molecular weight excluding hydrogens is 624 g/mol. The van der Waals surface area contributed by atoms with Gasteiger partial charge in [-0.25, -0.2) is 32.3 Å². The van der Waals surface area contributed by atoms with Gasteiger partial charge in [-0.3, -0.25) is 4.79 Å². The maximum Gasteiger partial charge on any atom is 0.407 e. The van der Waals surface area contributed by atoms with E-state index in [-0.39, 0.29) is 53.7 Å². The SMILES string of the molecule is CCN(C(=O)c1cnc(N2CC(NC(=O)OC(C)(C)C)C(c3cc(C)c(F)cc3F)C2)nc1)C1CCN(c2nc(C(F)F)no2)CC1. The van der Waals surface area contributed by atoms with Crippen molar-refractivity contribution in [3.63, 3.8) is 0 Å². The van der Waals surface area contributed by atoms with E-state index in [9.17, 15) is 22.8 Å². The fourth-order valence-electron chi connectivity index (χ4n) is 5.99. The van der Waals surface area contributed by atoms with E-state index in [0.29, 0.717) is 32.5 Å². The summed E-state index contributed by atoms with van der Waals surface area (Å²) in [6.45, 7) is 10.3. The lowest BCUT2D eigenvalue weighted by Crippen LogP contribution is -2.47. The lowest BCUT2D eigenvalue weighted by Gasteiger charge is -2.37. The van der Waals surface area contributed by atoms with Gasteiger partial charge in [0.05, 0.1) is 11.6 Å². The molecule has 0 radical (unpaired) electrons. The summed E-state index contributed by atoms with van der Waals surface area (Å²) in [6.07, 6.45) is 0.488. The average molecular weight is 663 g/mol. The summed E-state index contributed by atoms with van der Waals surface area (Å²) in [5.74, 6) is -2.60. The van der Waals surface area contributed by atoms with Crippen molar-refractivity contribution in [1.29, 1.82) is 0 Å². The monoisotopic (exact) mass is 662 g/mol. The predicted molar refractivity (Wildman–Crippen MR) is 162 cm³/mol. The van der Waals surface area contributed by atoms with E-state index < -0.39 is 47.5 Å². The minimum atomic E-state index is -2.82. The zero-order valence-corrected chi connectivity index (χ0v) is 26.8. The number of ether oxygens (including phenoxy) is 1. The molecule has 3 aromatic rings. The second-order valence-corrected chi connectivity index (χ2v) is 12.7. The molecule has 2 atom stereocenters. The molecule has 2 fully saturated rings. The Bertz CT molecular complexity index is 1570. The minimum Gasteiger partial charge on any atom is -0.444 e. The number of carbonyl (C=O) groups excluding carboxylic acids is 2. The molecule has 2 aliphatic heterocycles. The Morgan fingerprint density at radius 1 is 1.09 bits per heavy atom. The number of halogens is 4. The van der Waals surface area contributed by atoms with Gasteiger partial charge in [-0.2, -0.15) is 4.98 Å². The maximum atomic E-state index is 15.0. The van der Waals surface area contributed by atoms with Crippen LogP contribution in [0.1, 0.15) is 80.2 Å². The predicted octanol–water partition coefficient (Wildman–Crippen LogP) is 5.01. The van der Waals surface area contributed by atoms with Gasteiger partial charge in [0.15, 0.2) is 0 Å². The zero-order chi connectivity index (χ0) is 34.0. The topological polar surface area (TPSA) is 130 Å². The van der Waals surface area contributed by atoms with Gasteiger partial charge in [-0.15, -0.1) is 0 Å². The summed E-state index contributed by atoms with van der Waals surface area (Å²) in [5, 5.41) is 6.13. The van der Waals surface area contributed by atoms with Crippen LogP contribution in [0.5, 0.6) is 0 Å². The third-order valence-corrected chi connectivity index (χ3v) is 8.27. The summed E-state index contributed by atoms with van der Waals surface area (Å²) in [7, 11) is 0. The first-order valence-electron chi connectivity index (χ1n) is 15.4. The van der Waals surface area contributed by atoms with E-state index in [0.717, 1.165) is 6.07 Å². The van der Waals surface area contributed by atoms with Crippen molar-refractivity contribution >= 4 is 24.0 Å². The number of hydrogen-bond donors (Lipinski definition) is 1. The molecule has 2 unspecified atom stereocenters. The van der Waals surface area contributed by atoms with Crippen LogP contribution in [-0.2, 0) is 4.74 Å². The van der Waals surface area contributed by atoms with Gasteiger partial charge in [0, 0.05) is 63.1 Å². The lowest BCUT2D eigenvalue weighted by atomic mass is 9.92. The second kappa shape index (κ2) is 13.7. The number of nitrogens with one attached hydrogen (secondary N) is 1. The number of rotatable bonds is 8. The van der Waals surface area contributed by atoms with Crippen LogP contribution in [0.4, 0.5) is 34.3 Å². The summed E-state index contributed by atoms with van der Waals surface area (Å²) in [6, 6.07) is 1.59. The third kappa shape index (κ3) is 7.73. The van der Waals surface area contributed by atoms with Crippen LogP contribution < -0.4 is 15.1 Å². The molecule has 2 amide bonds. The number of anilines is 2. The molecule has 0 aliphatic carbocycles. The fraction of sp³-hybridized carbons (Fsp3) is 0.548. The van der Waals surface area contributed by atoms with Crippen molar-refractivity contribution in [3.8, 4) is 0 Å². The van der Waals surface area contributed by atoms with E-state index in [4.69, 9.17) is 9.26 Å². The number of benzene rings is 1. The highest BCUT2D eigenvalue weighted by Gasteiger charge is 2.39. The van der Waals surface area contributed by atoms with E-state index in [1.807, 2.05) is 6.92 Å². The molecule has 5 rings (SSSR count). The van der Waals surface area contributed by atoms with E-state index in [1.165, 1.54) is 18.5 Å². The zero-order valence-electron chi connectivity index (χ0n) is 26.8. The van der Waals surface area contributed by atoms with Gasteiger partial charge in [-0.1, -0.05) is 5.16 Å². The van der Waals surface area contributed by atoms with Crippen molar-refractivity contribution in [1.82, 2.24) is 30.3 Å². The molecule has 1 N–H and O–H groups in total. The van der Waals surface area contributed by atoms with Crippen molar-refractivity contribution < 1.29 is 36.4 Å². The van der Waals surface area contributed by atoms with Crippen LogP contribution in [0.25, 0.3) is 0 Å². The second-order valence-electron chi connectivity index (χ2n) is 12.7. The number of nitrogens with zero attached hydrogens (tertiary/aromatic N) is 7. The molecule has 0 spiro atoms. The number of alkyl carbamates (subject to hydrolysis) is 1. The first-order chi connectivity index (χ1) is 22.2. The Morgan fingerprint density at radius 2 is 1.77 bits per heavy atom. The molecule has 2 aliphatic rings. The number of aromatic nitrogens is 4. The Morgan fingerprint density at radius 3 is 2.36 bits per heavy atom. The number of piperidine rings is 1. The average Bonchev–Trinajstić information content (AvgIpc) is 3.67. The van der Waals surface area contributed by atoms with Crippen molar-refractivity contribution in [3.05, 3.63) is 58.7 Å². The Hall–Kier alpha value is -4.50. The Balaban J connectivity index is 1.27.